The van der Waals surface area contributed by atoms with Gasteiger partial charge in [0, 0.05) is 12.4 Å². The van der Waals surface area contributed by atoms with Crippen molar-refractivity contribution in [1.29, 1.82) is 0 Å². The molecule has 1 aromatic heterocycles. The van der Waals surface area contributed by atoms with E-state index in [2.05, 4.69) is 16.3 Å². The molecule has 0 aliphatic carbocycles. The molecule has 1 amide bonds. The normalized spacial score (nSPS) is 13.8. The van der Waals surface area contributed by atoms with Crippen molar-refractivity contribution in [2.45, 2.75) is 38.8 Å². The molecule has 0 radical (unpaired) electrons. The number of hydrogen-bond acceptors (Lipinski definition) is 2. The van der Waals surface area contributed by atoms with Crippen molar-refractivity contribution in [3.05, 3.63) is 18.5 Å². The molecule has 4 heteroatoms. The van der Waals surface area contributed by atoms with Gasteiger partial charge in [-0.3, -0.25) is 9.48 Å². The fourth-order valence-corrected chi connectivity index (χ4v) is 1.41. The van der Waals surface area contributed by atoms with E-state index in [9.17, 15) is 4.79 Å². The largest absolute Gasteiger partial charge is 0.341 e. The number of carbonyl (C=O) groups excluding carboxylic acids is 1. The predicted molar refractivity (Wildman–Crippen MR) is 62.6 cm³/mol. The Hall–Kier alpha value is -1.76. The van der Waals surface area contributed by atoms with Gasteiger partial charge in [0.1, 0.15) is 6.04 Å². The van der Waals surface area contributed by atoms with E-state index < -0.39 is 0 Å². The van der Waals surface area contributed by atoms with E-state index >= 15 is 0 Å². The molecule has 1 rings (SSSR count). The Bertz CT molecular complexity index is 364. The van der Waals surface area contributed by atoms with Crippen LogP contribution in [0.25, 0.3) is 0 Å². The van der Waals surface area contributed by atoms with Crippen LogP contribution in [0.15, 0.2) is 18.5 Å². The quantitative estimate of drug-likeness (QED) is 0.760. The van der Waals surface area contributed by atoms with Crippen LogP contribution in [0.3, 0.4) is 0 Å². The lowest BCUT2D eigenvalue weighted by molar-refractivity contribution is -0.124. The van der Waals surface area contributed by atoms with Gasteiger partial charge in [-0.2, -0.15) is 5.10 Å². The summed E-state index contributed by atoms with van der Waals surface area (Å²) in [6.45, 7) is 3.83. The zero-order chi connectivity index (χ0) is 12.0. The standard InChI is InChI=1S/C12H17N3O/c1-4-7-11(5-2)14-12(16)10(3)15-9-6-8-13-15/h2,6,8-11H,4,7H2,1,3H3,(H,14,16). The monoisotopic (exact) mass is 219 g/mol. The summed E-state index contributed by atoms with van der Waals surface area (Å²) in [5.41, 5.74) is 0. The van der Waals surface area contributed by atoms with E-state index in [1.54, 1.807) is 30.1 Å². The Balaban J connectivity index is 2.55. The molecule has 16 heavy (non-hydrogen) atoms. The van der Waals surface area contributed by atoms with Crippen LogP contribution in [-0.2, 0) is 4.79 Å². The highest BCUT2D eigenvalue weighted by atomic mass is 16.2. The molecule has 2 unspecified atom stereocenters. The van der Waals surface area contributed by atoms with E-state index in [1.165, 1.54) is 0 Å². The third-order valence-corrected chi connectivity index (χ3v) is 2.40. The lowest BCUT2D eigenvalue weighted by Crippen LogP contribution is -2.38. The molecule has 0 spiro atoms. The van der Waals surface area contributed by atoms with E-state index in [0.29, 0.717) is 0 Å². The van der Waals surface area contributed by atoms with Crippen molar-refractivity contribution >= 4 is 5.91 Å². The molecule has 0 fully saturated rings. The Labute approximate surface area is 96.0 Å². The highest BCUT2D eigenvalue weighted by Gasteiger charge is 2.17. The van der Waals surface area contributed by atoms with Crippen LogP contribution < -0.4 is 5.32 Å². The van der Waals surface area contributed by atoms with Crippen molar-refractivity contribution < 1.29 is 4.79 Å². The molecule has 2 atom stereocenters. The number of terminal acetylenes is 1. The average Bonchev–Trinajstić information content (AvgIpc) is 2.80. The number of nitrogens with zero attached hydrogens (tertiary/aromatic N) is 2. The Morgan fingerprint density at radius 2 is 2.44 bits per heavy atom. The number of carbonyl (C=O) groups is 1. The number of rotatable bonds is 5. The first-order chi connectivity index (χ1) is 7.69. The number of nitrogens with one attached hydrogen (secondary N) is 1. The maximum atomic E-state index is 11.8. The minimum atomic E-state index is -0.331. The fraction of sp³-hybridized carbons (Fsp3) is 0.500. The second-order valence-corrected chi connectivity index (χ2v) is 3.68. The Kier molecular flexibility index (Phi) is 4.59. The van der Waals surface area contributed by atoms with Gasteiger partial charge in [0.2, 0.25) is 5.91 Å². The van der Waals surface area contributed by atoms with Gasteiger partial charge in [0.05, 0.1) is 6.04 Å². The molecule has 1 heterocycles. The highest BCUT2D eigenvalue weighted by Crippen LogP contribution is 2.04. The van der Waals surface area contributed by atoms with E-state index in [0.717, 1.165) is 12.8 Å². The summed E-state index contributed by atoms with van der Waals surface area (Å²) in [4.78, 5) is 11.8. The summed E-state index contributed by atoms with van der Waals surface area (Å²) < 4.78 is 1.61. The zero-order valence-electron chi connectivity index (χ0n) is 9.68. The maximum Gasteiger partial charge on any atom is 0.245 e. The minimum Gasteiger partial charge on any atom is -0.341 e. The fourth-order valence-electron chi connectivity index (χ4n) is 1.41. The number of amides is 1. The van der Waals surface area contributed by atoms with Gasteiger partial charge < -0.3 is 5.32 Å². The average molecular weight is 219 g/mol. The van der Waals surface area contributed by atoms with Gasteiger partial charge in [-0.15, -0.1) is 6.42 Å². The third kappa shape index (κ3) is 3.13. The van der Waals surface area contributed by atoms with Gasteiger partial charge in [-0.05, 0) is 19.4 Å². The van der Waals surface area contributed by atoms with E-state index in [1.807, 2.05) is 6.92 Å². The minimum absolute atomic E-state index is 0.0971. The van der Waals surface area contributed by atoms with E-state index in [4.69, 9.17) is 6.42 Å². The summed E-state index contributed by atoms with van der Waals surface area (Å²) in [5.74, 6) is 2.48. The molecule has 86 valence electrons. The van der Waals surface area contributed by atoms with Gasteiger partial charge >= 0.3 is 0 Å². The molecule has 0 bridgehead atoms. The first kappa shape index (κ1) is 12.3. The molecular formula is C12H17N3O. The van der Waals surface area contributed by atoms with Gasteiger partial charge in [-0.25, -0.2) is 0 Å². The predicted octanol–water partition coefficient (Wildman–Crippen LogP) is 1.36. The van der Waals surface area contributed by atoms with Crippen molar-refractivity contribution in [1.82, 2.24) is 15.1 Å². The molecule has 0 aliphatic heterocycles. The molecule has 1 N–H and O–H groups in total. The van der Waals surface area contributed by atoms with Crippen molar-refractivity contribution in [2.75, 3.05) is 0 Å². The van der Waals surface area contributed by atoms with Crippen molar-refractivity contribution in [3.63, 3.8) is 0 Å². The first-order valence-corrected chi connectivity index (χ1v) is 5.44. The van der Waals surface area contributed by atoms with Gasteiger partial charge in [0.25, 0.3) is 0 Å². The zero-order valence-corrected chi connectivity index (χ0v) is 9.68. The molecule has 0 aromatic carbocycles. The van der Waals surface area contributed by atoms with Crippen LogP contribution >= 0.6 is 0 Å². The molecule has 4 nitrogen and oxygen atoms in total. The van der Waals surface area contributed by atoms with Crippen molar-refractivity contribution in [2.24, 2.45) is 0 Å². The summed E-state index contributed by atoms with van der Waals surface area (Å²) >= 11 is 0. The van der Waals surface area contributed by atoms with Crippen molar-refractivity contribution in [3.8, 4) is 12.3 Å². The SMILES string of the molecule is C#CC(CCC)NC(=O)C(C)n1cccn1. The highest BCUT2D eigenvalue weighted by molar-refractivity contribution is 5.80. The first-order valence-electron chi connectivity index (χ1n) is 5.44. The van der Waals surface area contributed by atoms with E-state index in [-0.39, 0.29) is 18.0 Å². The van der Waals surface area contributed by atoms with Crippen LogP contribution in [-0.4, -0.2) is 21.7 Å². The smallest absolute Gasteiger partial charge is 0.245 e. The topological polar surface area (TPSA) is 46.9 Å². The van der Waals surface area contributed by atoms with Crippen LogP contribution in [0, 0.1) is 12.3 Å². The van der Waals surface area contributed by atoms with Crippen LogP contribution in [0.1, 0.15) is 32.7 Å². The summed E-state index contributed by atoms with van der Waals surface area (Å²) in [5, 5.41) is 6.84. The molecule has 0 aliphatic rings. The van der Waals surface area contributed by atoms with Gasteiger partial charge in [0.15, 0.2) is 0 Å². The second-order valence-electron chi connectivity index (χ2n) is 3.68. The third-order valence-electron chi connectivity index (χ3n) is 2.40. The lowest BCUT2D eigenvalue weighted by Gasteiger charge is -2.16. The number of aromatic nitrogens is 2. The molecule has 0 saturated carbocycles. The molecular weight excluding hydrogens is 202 g/mol. The summed E-state index contributed by atoms with van der Waals surface area (Å²) in [6.07, 6.45) is 10.5. The number of hydrogen-bond donors (Lipinski definition) is 1. The van der Waals surface area contributed by atoms with Crippen LogP contribution in [0.2, 0.25) is 0 Å². The maximum absolute atomic E-state index is 11.8. The molecule has 1 aromatic rings. The van der Waals surface area contributed by atoms with Crippen LogP contribution in [0.4, 0.5) is 0 Å². The summed E-state index contributed by atoms with van der Waals surface area (Å²) in [7, 11) is 0. The lowest BCUT2D eigenvalue weighted by atomic mass is 10.1. The van der Waals surface area contributed by atoms with Gasteiger partial charge in [-0.1, -0.05) is 19.3 Å². The summed E-state index contributed by atoms with van der Waals surface area (Å²) in [6, 6.07) is 1.27. The Morgan fingerprint density at radius 1 is 1.69 bits per heavy atom. The van der Waals surface area contributed by atoms with Crippen LogP contribution in [0.5, 0.6) is 0 Å². The molecule has 0 saturated heterocycles. The Morgan fingerprint density at radius 3 is 2.94 bits per heavy atom. The second kappa shape index (κ2) is 5.96.